The van der Waals surface area contributed by atoms with Crippen molar-refractivity contribution in [3.8, 4) is 0 Å². The van der Waals surface area contributed by atoms with Crippen LogP contribution in [-0.4, -0.2) is 24.8 Å². The van der Waals surface area contributed by atoms with Gasteiger partial charge in [0.05, 0.1) is 11.6 Å². The number of halogens is 1. The first-order chi connectivity index (χ1) is 8.22. The van der Waals surface area contributed by atoms with Crippen molar-refractivity contribution in [2.24, 2.45) is 10.7 Å². The Bertz CT molecular complexity index is 423. The SMILES string of the molecule is Cc1c(N=C(N)CCl)cccc1N1CCCC1. The van der Waals surface area contributed by atoms with Gasteiger partial charge in [0, 0.05) is 18.8 Å². The first-order valence-corrected chi connectivity index (χ1v) is 6.49. The Morgan fingerprint density at radius 3 is 2.76 bits per heavy atom. The fourth-order valence-electron chi connectivity index (χ4n) is 2.22. The lowest BCUT2D eigenvalue weighted by molar-refractivity contribution is 0.949. The zero-order chi connectivity index (χ0) is 12.3. The number of alkyl halides is 1. The van der Waals surface area contributed by atoms with Crippen molar-refractivity contribution < 1.29 is 0 Å². The summed E-state index contributed by atoms with van der Waals surface area (Å²) in [6, 6.07) is 6.16. The van der Waals surface area contributed by atoms with Crippen LogP contribution in [-0.2, 0) is 0 Å². The van der Waals surface area contributed by atoms with E-state index in [4.69, 9.17) is 17.3 Å². The van der Waals surface area contributed by atoms with Crippen molar-refractivity contribution in [2.45, 2.75) is 19.8 Å². The van der Waals surface area contributed by atoms with E-state index in [2.05, 4.69) is 22.9 Å². The van der Waals surface area contributed by atoms with Crippen molar-refractivity contribution in [3.63, 3.8) is 0 Å². The summed E-state index contributed by atoms with van der Waals surface area (Å²) in [5.74, 6) is 0.737. The van der Waals surface area contributed by atoms with E-state index in [0.29, 0.717) is 5.84 Å². The second kappa shape index (κ2) is 5.41. The number of nitrogens with two attached hydrogens (primary N) is 1. The number of rotatable bonds is 3. The van der Waals surface area contributed by atoms with E-state index in [0.717, 1.165) is 18.8 Å². The lowest BCUT2D eigenvalue weighted by Gasteiger charge is -2.20. The van der Waals surface area contributed by atoms with E-state index in [1.807, 2.05) is 12.1 Å². The maximum Gasteiger partial charge on any atom is 0.115 e. The van der Waals surface area contributed by atoms with E-state index < -0.39 is 0 Å². The van der Waals surface area contributed by atoms with Crippen LogP contribution in [0.4, 0.5) is 11.4 Å². The van der Waals surface area contributed by atoms with Gasteiger partial charge in [-0.15, -0.1) is 11.6 Å². The van der Waals surface area contributed by atoms with Gasteiger partial charge in [-0.25, -0.2) is 4.99 Å². The van der Waals surface area contributed by atoms with E-state index in [1.165, 1.54) is 24.1 Å². The molecular formula is C13H18ClN3. The Kier molecular flexibility index (Phi) is 3.89. The minimum atomic E-state index is 0.271. The van der Waals surface area contributed by atoms with Gasteiger partial charge in [0.15, 0.2) is 0 Å². The molecule has 0 amide bonds. The monoisotopic (exact) mass is 251 g/mol. The molecule has 4 heteroatoms. The molecule has 3 nitrogen and oxygen atoms in total. The van der Waals surface area contributed by atoms with Crippen LogP contribution in [0.15, 0.2) is 23.2 Å². The molecule has 1 aromatic rings. The number of nitrogens with zero attached hydrogens (tertiary/aromatic N) is 2. The van der Waals surface area contributed by atoms with Crippen LogP contribution in [0.2, 0.25) is 0 Å². The van der Waals surface area contributed by atoms with Gasteiger partial charge in [0.1, 0.15) is 5.84 Å². The van der Waals surface area contributed by atoms with Gasteiger partial charge in [-0.2, -0.15) is 0 Å². The molecule has 0 atom stereocenters. The molecule has 0 saturated carbocycles. The van der Waals surface area contributed by atoms with E-state index in [9.17, 15) is 0 Å². The van der Waals surface area contributed by atoms with Gasteiger partial charge in [0.2, 0.25) is 0 Å². The lowest BCUT2D eigenvalue weighted by atomic mass is 10.1. The molecule has 1 aliphatic rings. The van der Waals surface area contributed by atoms with Gasteiger partial charge in [0.25, 0.3) is 0 Å². The molecule has 2 N–H and O–H groups in total. The molecule has 1 fully saturated rings. The van der Waals surface area contributed by atoms with Crippen molar-refractivity contribution in [2.75, 3.05) is 23.9 Å². The number of benzene rings is 1. The lowest BCUT2D eigenvalue weighted by Crippen LogP contribution is -2.18. The summed E-state index contributed by atoms with van der Waals surface area (Å²) in [5.41, 5.74) is 9.06. The Morgan fingerprint density at radius 1 is 1.41 bits per heavy atom. The number of aliphatic imine (C=N–C) groups is 1. The molecule has 1 heterocycles. The Balaban J connectivity index is 2.32. The van der Waals surface area contributed by atoms with Crippen LogP contribution in [0.3, 0.4) is 0 Å². The number of amidine groups is 1. The maximum absolute atomic E-state index is 5.68. The number of hydrogen-bond acceptors (Lipinski definition) is 2. The highest BCUT2D eigenvalue weighted by molar-refractivity contribution is 6.28. The average Bonchev–Trinajstić information content (AvgIpc) is 2.85. The quantitative estimate of drug-likeness (QED) is 0.510. The highest BCUT2D eigenvalue weighted by atomic mass is 35.5. The Morgan fingerprint density at radius 2 is 2.12 bits per heavy atom. The number of anilines is 1. The zero-order valence-electron chi connectivity index (χ0n) is 10.1. The Hall–Kier alpha value is -1.22. The number of hydrogen-bond donors (Lipinski definition) is 1. The molecule has 1 saturated heterocycles. The molecule has 2 rings (SSSR count). The smallest absolute Gasteiger partial charge is 0.115 e. The molecule has 0 aliphatic carbocycles. The maximum atomic E-state index is 5.68. The van der Waals surface area contributed by atoms with Gasteiger partial charge in [-0.05, 0) is 37.5 Å². The molecule has 92 valence electrons. The minimum Gasteiger partial charge on any atom is -0.386 e. The van der Waals surface area contributed by atoms with Crippen molar-refractivity contribution in [3.05, 3.63) is 23.8 Å². The average molecular weight is 252 g/mol. The predicted octanol–water partition coefficient (Wildman–Crippen LogP) is 2.82. The minimum absolute atomic E-state index is 0.271. The second-order valence-electron chi connectivity index (χ2n) is 4.35. The summed E-state index contributed by atoms with van der Waals surface area (Å²) in [4.78, 5) is 6.75. The second-order valence-corrected chi connectivity index (χ2v) is 4.62. The predicted molar refractivity (Wildman–Crippen MR) is 74.6 cm³/mol. The third kappa shape index (κ3) is 2.72. The fourth-order valence-corrected chi connectivity index (χ4v) is 2.28. The topological polar surface area (TPSA) is 41.6 Å². The third-order valence-electron chi connectivity index (χ3n) is 3.12. The fraction of sp³-hybridized carbons (Fsp3) is 0.462. The Labute approximate surface area is 107 Å². The molecule has 1 aromatic carbocycles. The molecular weight excluding hydrogens is 234 g/mol. The molecule has 0 aromatic heterocycles. The van der Waals surface area contributed by atoms with Gasteiger partial charge >= 0.3 is 0 Å². The summed E-state index contributed by atoms with van der Waals surface area (Å²) in [7, 11) is 0. The summed E-state index contributed by atoms with van der Waals surface area (Å²) in [5, 5.41) is 0. The van der Waals surface area contributed by atoms with Crippen LogP contribution < -0.4 is 10.6 Å². The van der Waals surface area contributed by atoms with E-state index >= 15 is 0 Å². The molecule has 0 radical (unpaired) electrons. The molecule has 1 aliphatic heterocycles. The standard InChI is InChI=1S/C13H18ClN3/c1-10-11(16-13(15)9-14)5-4-6-12(10)17-7-2-3-8-17/h4-6H,2-3,7-9H2,1H3,(H2,15,16). The molecule has 0 spiro atoms. The van der Waals surface area contributed by atoms with E-state index in [1.54, 1.807) is 0 Å². The van der Waals surface area contributed by atoms with E-state index in [-0.39, 0.29) is 5.88 Å². The zero-order valence-corrected chi connectivity index (χ0v) is 10.9. The summed E-state index contributed by atoms with van der Waals surface area (Å²) >= 11 is 5.65. The summed E-state index contributed by atoms with van der Waals surface area (Å²) in [6.45, 7) is 4.37. The normalized spacial score (nSPS) is 16.6. The van der Waals surface area contributed by atoms with Crippen LogP contribution >= 0.6 is 11.6 Å². The molecule has 0 bridgehead atoms. The van der Waals surface area contributed by atoms with Gasteiger partial charge in [-0.3, -0.25) is 0 Å². The van der Waals surface area contributed by atoms with Gasteiger partial charge < -0.3 is 10.6 Å². The largest absolute Gasteiger partial charge is 0.386 e. The summed E-state index contributed by atoms with van der Waals surface area (Å²) in [6.07, 6.45) is 2.55. The highest BCUT2D eigenvalue weighted by Crippen LogP contribution is 2.30. The first-order valence-electron chi connectivity index (χ1n) is 5.96. The van der Waals surface area contributed by atoms with Crippen LogP contribution in [0.1, 0.15) is 18.4 Å². The van der Waals surface area contributed by atoms with Crippen molar-refractivity contribution >= 4 is 28.8 Å². The molecule has 17 heavy (non-hydrogen) atoms. The van der Waals surface area contributed by atoms with Crippen LogP contribution in [0, 0.1) is 6.92 Å². The molecule has 0 unspecified atom stereocenters. The van der Waals surface area contributed by atoms with Crippen molar-refractivity contribution in [1.29, 1.82) is 0 Å². The van der Waals surface area contributed by atoms with Crippen LogP contribution in [0.25, 0.3) is 0 Å². The van der Waals surface area contributed by atoms with Crippen LogP contribution in [0.5, 0.6) is 0 Å². The van der Waals surface area contributed by atoms with Gasteiger partial charge in [-0.1, -0.05) is 6.07 Å². The third-order valence-corrected chi connectivity index (χ3v) is 3.40. The first kappa shape index (κ1) is 12.2. The highest BCUT2D eigenvalue weighted by Gasteiger charge is 2.15. The van der Waals surface area contributed by atoms with Crippen molar-refractivity contribution in [1.82, 2.24) is 0 Å². The summed E-state index contributed by atoms with van der Waals surface area (Å²) < 4.78 is 0.